The summed E-state index contributed by atoms with van der Waals surface area (Å²) in [6.07, 6.45) is 1.53. The average molecular weight is 327 g/mol. The van der Waals surface area contributed by atoms with Crippen LogP contribution in [0.5, 0.6) is 0 Å². The van der Waals surface area contributed by atoms with Gasteiger partial charge >= 0.3 is 0 Å². The third kappa shape index (κ3) is 2.91. The van der Waals surface area contributed by atoms with E-state index >= 15 is 0 Å². The Balaban J connectivity index is 2.08. The van der Waals surface area contributed by atoms with Gasteiger partial charge in [-0.3, -0.25) is 9.71 Å². The third-order valence-electron chi connectivity index (χ3n) is 3.42. The molecule has 1 heterocycles. The van der Waals surface area contributed by atoms with Gasteiger partial charge in [0.25, 0.3) is 10.0 Å². The van der Waals surface area contributed by atoms with Gasteiger partial charge in [0, 0.05) is 11.6 Å². The summed E-state index contributed by atoms with van der Waals surface area (Å²) in [6.45, 7) is 1.88. The predicted molar refractivity (Wildman–Crippen MR) is 89.2 cm³/mol. The number of sulfonamides is 1. The van der Waals surface area contributed by atoms with Crippen LogP contribution in [0.25, 0.3) is 10.9 Å². The summed E-state index contributed by atoms with van der Waals surface area (Å²) in [5.41, 5.74) is 1.86. The minimum Gasteiger partial charge on any atom is -0.277 e. The molecular formula is C16H13N3O3S. The minimum atomic E-state index is -3.74. The maximum atomic E-state index is 12.5. The van der Waals surface area contributed by atoms with Crippen molar-refractivity contribution < 1.29 is 8.42 Å². The molecule has 3 rings (SSSR count). The number of fused-ring (bicyclic) bond motifs is 1. The largest absolute Gasteiger partial charge is 0.277 e. The molecular weight excluding hydrogens is 314 g/mol. The summed E-state index contributed by atoms with van der Waals surface area (Å²) < 4.78 is 27.5. The Kier molecular flexibility index (Phi) is 3.79. The number of hydrogen-bond acceptors (Lipinski definition) is 5. The first-order valence-electron chi connectivity index (χ1n) is 6.82. The van der Waals surface area contributed by atoms with Crippen molar-refractivity contribution in [3.63, 3.8) is 0 Å². The van der Waals surface area contributed by atoms with E-state index in [9.17, 15) is 13.3 Å². The second kappa shape index (κ2) is 5.77. The first-order chi connectivity index (χ1) is 11.0. The fraction of sp³-hybridized carbons (Fsp3) is 0.0625. The second-order valence-corrected chi connectivity index (χ2v) is 6.72. The van der Waals surface area contributed by atoms with Crippen molar-refractivity contribution >= 4 is 32.3 Å². The molecule has 2 aromatic carbocycles. The Labute approximate surface area is 133 Å². The van der Waals surface area contributed by atoms with Gasteiger partial charge < -0.3 is 0 Å². The van der Waals surface area contributed by atoms with E-state index in [0.717, 1.165) is 5.56 Å². The molecule has 0 spiro atoms. The molecule has 0 bridgehead atoms. The number of aromatic nitrogens is 1. The van der Waals surface area contributed by atoms with Gasteiger partial charge in [-0.1, -0.05) is 17.7 Å². The lowest BCUT2D eigenvalue weighted by molar-refractivity contribution is 0.601. The Morgan fingerprint density at radius 1 is 1.04 bits per heavy atom. The highest BCUT2D eigenvalue weighted by Gasteiger charge is 2.16. The summed E-state index contributed by atoms with van der Waals surface area (Å²) >= 11 is 0. The normalized spacial score (nSPS) is 11.3. The number of nitroso groups, excluding NO2 is 1. The van der Waals surface area contributed by atoms with E-state index in [1.807, 2.05) is 6.92 Å². The van der Waals surface area contributed by atoms with Crippen LogP contribution in [-0.2, 0) is 10.0 Å². The zero-order valence-corrected chi connectivity index (χ0v) is 13.0. The second-order valence-electron chi connectivity index (χ2n) is 5.04. The molecule has 0 saturated carbocycles. The number of anilines is 1. The van der Waals surface area contributed by atoms with Crippen molar-refractivity contribution in [2.75, 3.05) is 4.72 Å². The summed E-state index contributed by atoms with van der Waals surface area (Å²) in [7, 11) is -3.74. The van der Waals surface area contributed by atoms with Gasteiger partial charge in [0.15, 0.2) is 0 Å². The Bertz CT molecular complexity index is 983. The summed E-state index contributed by atoms with van der Waals surface area (Å²) in [6, 6.07) is 12.8. The first kappa shape index (κ1) is 15.1. The molecule has 0 unspecified atom stereocenters. The number of rotatable bonds is 4. The lowest BCUT2D eigenvalue weighted by atomic mass is 10.1. The SMILES string of the molecule is Cc1ccc(S(=O)(=O)Nc2ccc(N=O)c3cccnc23)cc1. The molecule has 3 aromatic rings. The number of aryl methyl sites for hydroxylation is 1. The van der Waals surface area contributed by atoms with E-state index in [-0.39, 0.29) is 10.6 Å². The molecule has 0 amide bonds. The minimum absolute atomic E-state index is 0.157. The van der Waals surface area contributed by atoms with Crippen molar-refractivity contribution in [2.45, 2.75) is 11.8 Å². The lowest BCUT2D eigenvalue weighted by Crippen LogP contribution is -2.13. The summed E-state index contributed by atoms with van der Waals surface area (Å²) in [5.74, 6) is 0. The van der Waals surface area contributed by atoms with Gasteiger partial charge in [-0.05, 0) is 48.5 Å². The number of nitrogens with one attached hydrogen (secondary N) is 1. The number of pyridine rings is 1. The average Bonchev–Trinajstić information content (AvgIpc) is 2.55. The molecule has 1 aromatic heterocycles. The predicted octanol–water partition coefficient (Wildman–Crippen LogP) is 3.74. The molecule has 116 valence electrons. The maximum absolute atomic E-state index is 12.5. The highest BCUT2D eigenvalue weighted by Crippen LogP contribution is 2.31. The molecule has 0 fully saturated rings. The van der Waals surface area contributed by atoms with E-state index < -0.39 is 10.0 Å². The summed E-state index contributed by atoms with van der Waals surface area (Å²) in [5, 5.41) is 3.43. The van der Waals surface area contributed by atoms with E-state index in [4.69, 9.17) is 0 Å². The van der Waals surface area contributed by atoms with Crippen LogP contribution in [-0.4, -0.2) is 13.4 Å². The highest BCUT2D eigenvalue weighted by molar-refractivity contribution is 7.92. The molecule has 0 radical (unpaired) electrons. The van der Waals surface area contributed by atoms with Crippen LogP contribution in [0.2, 0.25) is 0 Å². The topological polar surface area (TPSA) is 88.5 Å². The number of hydrogen-bond donors (Lipinski definition) is 1. The Morgan fingerprint density at radius 2 is 1.78 bits per heavy atom. The molecule has 6 nitrogen and oxygen atoms in total. The number of nitrogens with zero attached hydrogens (tertiary/aromatic N) is 2. The van der Waals surface area contributed by atoms with Gasteiger partial charge in [-0.25, -0.2) is 8.42 Å². The van der Waals surface area contributed by atoms with Crippen molar-refractivity contribution in [1.29, 1.82) is 0 Å². The third-order valence-corrected chi connectivity index (χ3v) is 4.80. The van der Waals surface area contributed by atoms with Crippen molar-refractivity contribution in [2.24, 2.45) is 5.18 Å². The highest BCUT2D eigenvalue weighted by atomic mass is 32.2. The monoisotopic (exact) mass is 327 g/mol. The van der Waals surface area contributed by atoms with Crippen molar-refractivity contribution in [1.82, 2.24) is 4.98 Å². The fourth-order valence-corrected chi connectivity index (χ4v) is 3.31. The molecule has 7 heteroatoms. The standard InChI is InChI=1S/C16H13N3O3S/c1-11-4-6-12(7-5-11)23(21,22)19-15-9-8-14(18-20)13-3-2-10-17-16(13)15/h2-10,19H,1H3. The first-order valence-corrected chi connectivity index (χ1v) is 8.30. The van der Waals surface area contributed by atoms with E-state index in [0.29, 0.717) is 16.6 Å². The van der Waals surface area contributed by atoms with Crippen LogP contribution in [0.3, 0.4) is 0 Å². The van der Waals surface area contributed by atoms with Gasteiger partial charge in [-0.2, -0.15) is 0 Å². The quantitative estimate of drug-likeness (QED) is 0.739. The van der Waals surface area contributed by atoms with Crippen LogP contribution >= 0.6 is 0 Å². The van der Waals surface area contributed by atoms with Crippen LogP contribution in [0.1, 0.15) is 5.56 Å². The van der Waals surface area contributed by atoms with E-state index in [2.05, 4.69) is 14.9 Å². The van der Waals surface area contributed by atoms with Crippen LogP contribution in [0.15, 0.2) is 64.8 Å². The fourth-order valence-electron chi connectivity index (χ4n) is 2.24. The maximum Gasteiger partial charge on any atom is 0.261 e. The van der Waals surface area contributed by atoms with E-state index in [1.54, 1.807) is 24.3 Å². The zero-order valence-electron chi connectivity index (χ0n) is 12.2. The van der Waals surface area contributed by atoms with Crippen LogP contribution in [0.4, 0.5) is 11.4 Å². The lowest BCUT2D eigenvalue weighted by Gasteiger charge is -2.11. The molecule has 0 atom stereocenters. The van der Waals surface area contributed by atoms with Crippen molar-refractivity contribution in [3.05, 3.63) is 65.2 Å². The molecule has 0 saturated heterocycles. The Hall–Kier alpha value is -2.80. The summed E-state index contributed by atoms with van der Waals surface area (Å²) in [4.78, 5) is 15.2. The van der Waals surface area contributed by atoms with E-state index in [1.165, 1.54) is 30.5 Å². The molecule has 0 aliphatic rings. The van der Waals surface area contributed by atoms with Gasteiger partial charge in [-0.15, -0.1) is 4.91 Å². The molecule has 0 aliphatic carbocycles. The zero-order chi connectivity index (χ0) is 16.4. The number of benzene rings is 2. The van der Waals surface area contributed by atoms with Gasteiger partial charge in [0.1, 0.15) is 5.69 Å². The van der Waals surface area contributed by atoms with Crippen LogP contribution in [0, 0.1) is 11.8 Å². The Morgan fingerprint density at radius 3 is 2.48 bits per heavy atom. The van der Waals surface area contributed by atoms with Crippen molar-refractivity contribution in [3.8, 4) is 0 Å². The van der Waals surface area contributed by atoms with Crippen LogP contribution < -0.4 is 4.72 Å². The molecule has 1 N–H and O–H groups in total. The van der Waals surface area contributed by atoms with Gasteiger partial charge in [0.2, 0.25) is 0 Å². The smallest absolute Gasteiger partial charge is 0.261 e. The molecule has 23 heavy (non-hydrogen) atoms. The van der Waals surface area contributed by atoms with Gasteiger partial charge in [0.05, 0.1) is 16.1 Å². The molecule has 0 aliphatic heterocycles.